The second-order valence-electron chi connectivity index (χ2n) is 9.36. The van der Waals surface area contributed by atoms with E-state index in [-0.39, 0.29) is 25.2 Å². The van der Waals surface area contributed by atoms with Gasteiger partial charge in [-0.05, 0) is 66.3 Å². The standard InChI is InChI=1S/C23H45N5O7/c1-18(27-20(30)31)12-15-28(22(33)35-23(2,3)4)14-9-10-16-34-21(32)26-17-25-19(29)11-7-5-6-8-13-24/h18,27H,5-17,24H2,1-4H3,(H,25,29)(H,26,32)(H,30,31). The van der Waals surface area contributed by atoms with Crippen molar-refractivity contribution in [3.63, 3.8) is 0 Å². The van der Waals surface area contributed by atoms with Crippen molar-refractivity contribution in [2.75, 3.05) is 32.9 Å². The van der Waals surface area contributed by atoms with Gasteiger partial charge in [0.2, 0.25) is 5.91 Å². The molecule has 204 valence electrons. The van der Waals surface area contributed by atoms with Gasteiger partial charge < -0.3 is 41.2 Å². The van der Waals surface area contributed by atoms with Gasteiger partial charge in [0.1, 0.15) is 5.60 Å². The predicted octanol–water partition coefficient (Wildman–Crippen LogP) is 2.76. The van der Waals surface area contributed by atoms with Crippen LogP contribution in [-0.4, -0.2) is 78.7 Å². The van der Waals surface area contributed by atoms with E-state index in [1.165, 1.54) is 4.90 Å². The van der Waals surface area contributed by atoms with E-state index in [1.54, 1.807) is 27.7 Å². The van der Waals surface area contributed by atoms with E-state index in [9.17, 15) is 19.2 Å². The Balaban J connectivity index is 4.17. The molecule has 0 aromatic heterocycles. The molecule has 12 heteroatoms. The van der Waals surface area contributed by atoms with Gasteiger partial charge in [-0.1, -0.05) is 12.8 Å². The van der Waals surface area contributed by atoms with Crippen molar-refractivity contribution in [2.45, 2.75) is 90.7 Å². The Labute approximate surface area is 208 Å². The van der Waals surface area contributed by atoms with Crippen LogP contribution in [0.15, 0.2) is 0 Å². The lowest BCUT2D eigenvalue weighted by Crippen LogP contribution is -2.41. The fraction of sp³-hybridized carbons (Fsp3) is 0.826. The largest absolute Gasteiger partial charge is 0.465 e. The van der Waals surface area contributed by atoms with Crippen molar-refractivity contribution < 1.29 is 33.8 Å². The molecule has 0 bridgehead atoms. The van der Waals surface area contributed by atoms with E-state index in [2.05, 4.69) is 16.0 Å². The second-order valence-corrected chi connectivity index (χ2v) is 9.36. The normalized spacial score (nSPS) is 11.8. The summed E-state index contributed by atoms with van der Waals surface area (Å²) in [6, 6.07) is -0.318. The molecule has 0 aliphatic heterocycles. The molecule has 35 heavy (non-hydrogen) atoms. The zero-order valence-electron chi connectivity index (χ0n) is 21.7. The SMILES string of the molecule is CC(CCN(CCCCOC(=O)NCNC(=O)CCCCCCN)C(=O)OC(C)(C)C)NC(=O)O. The Morgan fingerprint density at radius 1 is 0.971 bits per heavy atom. The molecule has 0 aromatic rings. The first-order valence-corrected chi connectivity index (χ1v) is 12.3. The minimum absolute atomic E-state index is 0.00451. The fourth-order valence-electron chi connectivity index (χ4n) is 2.96. The van der Waals surface area contributed by atoms with Gasteiger partial charge in [0.25, 0.3) is 0 Å². The van der Waals surface area contributed by atoms with Crippen LogP contribution < -0.4 is 21.7 Å². The van der Waals surface area contributed by atoms with Gasteiger partial charge in [0, 0.05) is 25.6 Å². The zero-order valence-corrected chi connectivity index (χ0v) is 21.7. The van der Waals surface area contributed by atoms with Crippen molar-refractivity contribution in [2.24, 2.45) is 5.73 Å². The minimum atomic E-state index is -1.12. The van der Waals surface area contributed by atoms with Crippen LogP contribution in [0.3, 0.4) is 0 Å². The maximum absolute atomic E-state index is 12.5. The highest BCUT2D eigenvalue weighted by Crippen LogP contribution is 2.11. The monoisotopic (exact) mass is 503 g/mol. The lowest BCUT2D eigenvalue weighted by Gasteiger charge is -2.28. The summed E-state index contributed by atoms with van der Waals surface area (Å²) < 4.78 is 10.5. The van der Waals surface area contributed by atoms with Crippen LogP contribution in [-0.2, 0) is 14.3 Å². The topological polar surface area (TPSA) is 172 Å². The number of rotatable bonds is 17. The molecule has 0 saturated heterocycles. The third kappa shape index (κ3) is 20.3. The number of nitrogens with two attached hydrogens (primary N) is 1. The number of nitrogens with one attached hydrogen (secondary N) is 3. The van der Waals surface area contributed by atoms with Crippen molar-refractivity contribution in [3.05, 3.63) is 0 Å². The third-order valence-electron chi connectivity index (χ3n) is 4.79. The first-order chi connectivity index (χ1) is 16.4. The number of amides is 4. The summed E-state index contributed by atoms with van der Waals surface area (Å²) in [5, 5.41) is 16.2. The maximum Gasteiger partial charge on any atom is 0.410 e. The van der Waals surface area contributed by atoms with Crippen molar-refractivity contribution >= 4 is 24.2 Å². The summed E-state index contributed by atoms with van der Waals surface area (Å²) in [7, 11) is 0. The molecular formula is C23H45N5O7. The van der Waals surface area contributed by atoms with Crippen molar-refractivity contribution in [1.82, 2.24) is 20.9 Å². The maximum atomic E-state index is 12.5. The summed E-state index contributed by atoms with van der Waals surface area (Å²) in [4.78, 5) is 48.2. The van der Waals surface area contributed by atoms with Gasteiger partial charge in [-0.3, -0.25) is 4.79 Å². The van der Waals surface area contributed by atoms with E-state index in [0.717, 1.165) is 25.7 Å². The number of unbranched alkanes of at least 4 members (excludes halogenated alkanes) is 4. The van der Waals surface area contributed by atoms with Crippen LogP contribution >= 0.6 is 0 Å². The van der Waals surface area contributed by atoms with E-state index < -0.39 is 23.9 Å². The van der Waals surface area contributed by atoms with Gasteiger partial charge in [-0.25, -0.2) is 14.4 Å². The summed E-state index contributed by atoms with van der Waals surface area (Å²) in [5.74, 6) is -0.131. The number of hydrogen-bond donors (Lipinski definition) is 5. The van der Waals surface area contributed by atoms with E-state index in [4.69, 9.17) is 20.3 Å². The molecule has 1 atom stereocenters. The average Bonchev–Trinajstić information content (AvgIpc) is 2.73. The summed E-state index contributed by atoms with van der Waals surface area (Å²) >= 11 is 0. The molecule has 12 nitrogen and oxygen atoms in total. The second kappa shape index (κ2) is 18.6. The molecule has 0 radical (unpaired) electrons. The predicted molar refractivity (Wildman–Crippen MR) is 132 cm³/mol. The molecule has 0 saturated carbocycles. The molecule has 0 rings (SSSR count). The summed E-state index contributed by atoms with van der Waals surface area (Å²) in [6.07, 6.45) is 3.38. The Bertz CT molecular complexity index is 640. The van der Waals surface area contributed by atoms with Crippen LogP contribution in [0.1, 0.15) is 79.1 Å². The number of alkyl carbamates (subject to hydrolysis) is 1. The quantitative estimate of drug-likeness (QED) is 0.149. The fourth-order valence-corrected chi connectivity index (χ4v) is 2.96. The molecule has 0 spiro atoms. The molecule has 0 aliphatic carbocycles. The first-order valence-electron chi connectivity index (χ1n) is 12.3. The Morgan fingerprint density at radius 3 is 2.29 bits per heavy atom. The minimum Gasteiger partial charge on any atom is -0.465 e. The highest BCUT2D eigenvalue weighted by molar-refractivity contribution is 5.76. The molecule has 0 aromatic carbocycles. The molecule has 6 N–H and O–H groups in total. The number of carbonyl (C=O) groups is 4. The van der Waals surface area contributed by atoms with Gasteiger partial charge in [-0.2, -0.15) is 0 Å². The van der Waals surface area contributed by atoms with E-state index >= 15 is 0 Å². The summed E-state index contributed by atoms with van der Waals surface area (Å²) in [6.45, 7) is 8.55. The Hall–Kier alpha value is -2.76. The van der Waals surface area contributed by atoms with E-state index in [0.29, 0.717) is 45.3 Å². The van der Waals surface area contributed by atoms with Gasteiger partial charge in [0.15, 0.2) is 0 Å². The van der Waals surface area contributed by atoms with Gasteiger partial charge >= 0.3 is 18.3 Å². The first kappa shape index (κ1) is 32.2. The Kier molecular flexibility index (Phi) is 17.1. The highest BCUT2D eigenvalue weighted by Gasteiger charge is 2.22. The van der Waals surface area contributed by atoms with Crippen molar-refractivity contribution in [3.8, 4) is 0 Å². The molecule has 0 aliphatic rings. The summed E-state index contributed by atoms with van der Waals surface area (Å²) in [5.41, 5.74) is 4.77. The van der Waals surface area contributed by atoms with E-state index in [1.807, 2.05) is 0 Å². The lowest BCUT2D eigenvalue weighted by molar-refractivity contribution is -0.121. The molecule has 0 heterocycles. The number of nitrogens with zero attached hydrogens (tertiary/aromatic N) is 1. The smallest absolute Gasteiger partial charge is 0.410 e. The van der Waals surface area contributed by atoms with Crippen LogP contribution in [0.25, 0.3) is 0 Å². The van der Waals surface area contributed by atoms with Gasteiger partial charge in [0.05, 0.1) is 13.3 Å². The van der Waals surface area contributed by atoms with Crippen LogP contribution in [0.4, 0.5) is 14.4 Å². The number of carbonyl (C=O) groups excluding carboxylic acids is 3. The molecule has 4 amide bonds. The van der Waals surface area contributed by atoms with Crippen LogP contribution in [0.2, 0.25) is 0 Å². The van der Waals surface area contributed by atoms with Crippen LogP contribution in [0, 0.1) is 0 Å². The molecular weight excluding hydrogens is 458 g/mol. The highest BCUT2D eigenvalue weighted by atomic mass is 16.6. The Morgan fingerprint density at radius 2 is 1.66 bits per heavy atom. The zero-order chi connectivity index (χ0) is 26.7. The number of ether oxygens (including phenoxy) is 2. The molecule has 1 unspecified atom stereocenters. The molecule has 0 fully saturated rings. The number of carboxylic acid groups (broad SMARTS) is 1. The average molecular weight is 504 g/mol. The van der Waals surface area contributed by atoms with Gasteiger partial charge in [-0.15, -0.1) is 0 Å². The number of hydrogen-bond acceptors (Lipinski definition) is 7. The van der Waals surface area contributed by atoms with Crippen LogP contribution in [0.5, 0.6) is 0 Å². The third-order valence-corrected chi connectivity index (χ3v) is 4.79. The lowest BCUT2D eigenvalue weighted by atomic mass is 10.1. The van der Waals surface area contributed by atoms with Crippen molar-refractivity contribution in [1.29, 1.82) is 0 Å².